The number of benzene rings is 1. The Balaban J connectivity index is 1.47. The standard InChI is InChI=1S/C18H21F3N4/c19-18(20,21)16-7-10-25(23-16)15-5-2-9-24(12-15)11-14-4-1-3-13-6-8-22-17(13)14/h1,3-4,7,10,15,22H,2,5-6,8-9,11-12H2. The second-order valence-corrected chi connectivity index (χ2v) is 6.84. The summed E-state index contributed by atoms with van der Waals surface area (Å²) in [4.78, 5) is 2.32. The maximum atomic E-state index is 12.8. The van der Waals surface area contributed by atoms with Gasteiger partial charge in [0.2, 0.25) is 0 Å². The van der Waals surface area contributed by atoms with Gasteiger partial charge in [0.1, 0.15) is 0 Å². The average molecular weight is 350 g/mol. The van der Waals surface area contributed by atoms with Crippen LogP contribution < -0.4 is 5.32 Å². The monoisotopic (exact) mass is 350 g/mol. The van der Waals surface area contributed by atoms with Crippen LogP contribution in [0.25, 0.3) is 0 Å². The van der Waals surface area contributed by atoms with E-state index in [1.807, 2.05) is 0 Å². The fourth-order valence-corrected chi connectivity index (χ4v) is 3.87. The maximum Gasteiger partial charge on any atom is 0.435 e. The molecule has 1 aromatic carbocycles. The topological polar surface area (TPSA) is 33.1 Å². The minimum absolute atomic E-state index is 0.00503. The van der Waals surface area contributed by atoms with Crippen molar-refractivity contribution < 1.29 is 13.2 Å². The normalized spacial score (nSPS) is 21.2. The van der Waals surface area contributed by atoms with E-state index in [1.165, 1.54) is 27.7 Å². The molecule has 7 heteroatoms. The number of hydrogen-bond donors (Lipinski definition) is 1. The molecule has 134 valence electrons. The number of anilines is 1. The Morgan fingerprint density at radius 1 is 1.24 bits per heavy atom. The highest BCUT2D eigenvalue weighted by molar-refractivity contribution is 5.61. The number of piperidine rings is 1. The fourth-order valence-electron chi connectivity index (χ4n) is 3.87. The first-order valence-corrected chi connectivity index (χ1v) is 8.70. The highest BCUT2D eigenvalue weighted by atomic mass is 19.4. The number of alkyl halides is 3. The quantitative estimate of drug-likeness (QED) is 0.916. The molecule has 1 N–H and O–H groups in total. The molecule has 1 aromatic heterocycles. The van der Waals surface area contributed by atoms with Gasteiger partial charge in [0, 0.05) is 31.5 Å². The van der Waals surface area contributed by atoms with Crippen molar-refractivity contribution in [1.29, 1.82) is 0 Å². The second kappa shape index (κ2) is 6.37. The summed E-state index contributed by atoms with van der Waals surface area (Å²) < 4.78 is 39.8. The third-order valence-electron chi connectivity index (χ3n) is 5.08. The Bertz CT molecular complexity index is 753. The summed E-state index contributed by atoms with van der Waals surface area (Å²) in [6, 6.07) is 7.43. The number of halogens is 3. The minimum Gasteiger partial charge on any atom is -0.384 e. The molecule has 4 nitrogen and oxygen atoms in total. The van der Waals surface area contributed by atoms with Gasteiger partial charge in [-0.3, -0.25) is 9.58 Å². The van der Waals surface area contributed by atoms with Crippen molar-refractivity contribution in [2.24, 2.45) is 0 Å². The molecule has 0 amide bonds. The number of aromatic nitrogens is 2. The van der Waals surface area contributed by atoms with Crippen molar-refractivity contribution in [3.63, 3.8) is 0 Å². The van der Waals surface area contributed by atoms with Crippen LogP contribution in [0.2, 0.25) is 0 Å². The van der Waals surface area contributed by atoms with Crippen LogP contribution in [-0.2, 0) is 19.1 Å². The van der Waals surface area contributed by atoms with Gasteiger partial charge in [-0.1, -0.05) is 18.2 Å². The molecule has 1 saturated heterocycles. The maximum absolute atomic E-state index is 12.8. The summed E-state index contributed by atoms with van der Waals surface area (Å²) in [5.74, 6) is 0. The highest BCUT2D eigenvalue weighted by Crippen LogP contribution is 2.31. The van der Waals surface area contributed by atoms with Crippen LogP contribution in [0.4, 0.5) is 18.9 Å². The van der Waals surface area contributed by atoms with Gasteiger partial charge in [-0.2, -0.15) is 18.3 Å². The van der Waals surface area contributed by atoms with E-state index < -0.39 is 11.9 Å². The van der Waals surface area contributed by atoms with E-state index in [0.717, 1.165) is 51.5 Å². The Morgan fingerprint density at radius 2 is 2.12 bits per heavy atom. The van der Waals surface area contributed by atoms with Crippen molar-refractivity contribution in [2.45, 2.75) is 38.0 Å². The molecule has 0 spiro atoms. The first kappa shape index (κ1) is 16.4. The molecule has 2 aliphatic heterocycles. The molecule has 3 heterocycles. The van der Waals surface area contributed by atoms with E-state index in [-0.39, 0.29) is 6.04 Å². The molecule has 2 aromatic rings. The predicted molar refractivity (Wildman–Crippen MR) is 89.4 cm³/mol. The molecule has 1 atom stereocenters. The Kier molecular flexibility index (Phi) is 4.19. The Morgan fingerprint density at radius 3 is 2.92 bits per heavy atom. The van der Waals surface area contributed by atoms with Gasteiger partial charge < -0.3 is 5.32 Å². The summed E-state index contributed by atoms with van der Waals surface area (Å²) in [7, 11) is 0. The van der Waals surface area contributed by atoms with E-state index >= 15 is 0 Å². The van der Waals surface area contributed by atoms with Crippen molar-refractivity contribution >= 4 is 5.69 Å². The number of nitrogens with zero attached hydrogens (tertiary/aromatic N) is 3. The third-order valence-corrected chi connectivity index (χ3v) is 5.08. The van der Waals surface area contributed by atoms with E-state index in [4.69, 9.17) is 0 Å². The van der Waals surface area contributed by atoms with Gasteiger partial charge in [-0.05, 0) is 43.0 Å². The first-order chi connectivity index (χ1) is 12.0. The lowest BCUT2D eigenvalue weighted by atomic mass is 10.0. The van der Waals surface area contributed by atoms with Gasteiger partial charge in [0.05, 0.1) is 6.04 Å². The van der Waals surface area contributed by atoms with Crippen molar-refractivity contribution in [3.8, 4) is 0 Å². The molecule has 4 rings (SSSR count). The molecule has 0 radical (unpaired) electrons. The number of hydrogen-bond acceptors (Lipinski definition) is 3. The van der Waals surface area contributed by atoms with Gasteiger partial charge in [-0.15, -0.1) is 0 Å². The molecule has 1 unspecified atom stereocenters. The molecule has 0 bridgehead atoms. The van der Waals surface area contributed by atoms with Gasteiger partial charge in [0.25, 0.3) is 0 Å². The number of para-hydroxylation sites is 1. The van der Waals surface area contributed by atoms with Crippen LogP contribution in [-0.4, -0.2) is 34.3 Å². The van der Waals surface area contributed by atoms with Gasteiger partial charge >= 0.3 is 6.18 Å². The van der Waals surface area contributed by atoms with Crippen LogP contribution in [0.1, 0.15) is 35.7 Å². The van der Waals surface area contributed by atoms with Crippen molar-refractivity contribution in [1.82, 2.24) is 14.7 Å². The average Bonchev–Trinajstić information content (AvgIpc) is 3.25. The predicted octanol–water partition coefficient (Wildman–Crippen LogP) is 3.71. The van der Waals surface area contributed by atoms with E-state index in [0.29, 0.717) is 0 Å². The lowest BCUT2D eigenvalue weighted by molar-refractivity contribution is -0.141. The number of fused-ring (bicyclic) bond motifs is 1. The summed E-state index contributed by atoms with van der Waals surface area (Å²) in [5, 5.41) is 7.21. The smallest absolute Gasteiger partial charge is 0.384 e. The van der Waals surface area contributed by atoms with Crippen LogP contribution in [0, 0.1) is 0 Å². The first-order valence-electron chi connectivity index (χ1n) is 8.70. The summed E-state index contributed by atoms with van der Waals surface area (Å²) >= 11 is 0. The molecular formula is C18H21F3N4. The molecule has 2 aliphatic rings. The lowest BCUT2D eigenvalue weighted by Crippen LogP contribution is -2.36. The lowest BCUT2D eigenvalue weighted by Gasteiger charge is -2.33. The van der Waals surface area contributed by atoms with Crippen LogP contribution in [0.3, 0.4) is 0 Å². The Hall–Kier alpha value is -2.02. The summed E-state index contributed by atoms with van der Waals surface area (Å²) in [6.45, 7) is 3.48. The van der Waals surface area contributed by atoms with Gasteiger partial charge in [-0.25, -0.2) is 0 Å². The Labute approximate surface area is 144 Å². The second-order valence-electron chi connectivity index (χ2n) is 6.84. The zero-order valence-corrected chi connectivity index (χ0v) is 13.9. The largest absolute Gasteiger partial charge is 0.435 e. The van der Waals surface area contributed by atoms with Crippen LogP contribution in [0.5, 0.6) is 0 Å². The molecule has 1 fully saturated rings. The van der Waals surface area contributed by atoms with E-state index in [2.05, 4.69) is 33.5 Å². The van der Waals surface area contributed by atoms with Crippen LogP contribution >= 0.6 is 0 Å². The highest BCUT2D eigenvalue weighted by Gasteiger charge is 2.34. The molecule has 0 saturated carbocycles. The fraction of sp³-hybridized carbons (Fsp3) is 0.500. The number of nitrogens with one attached hydrogen (secondary N) is 1. The zero-order valence-electron chi connectivity index (χ0n) is 13.9. The van der Waals surface area contributed by atoms with Gasteiger partial charge in [0.15, 0.2) is 5.69 Å². The van der Waals surface area contributed by atoms with Crippen LogP contribution in [0.15, 0.2) is 30.5 Å². The number of rotatable bonds is 3. The summed E-state index contributed by atoms with van der Waals surface area (Å²) in [6.07, 6.45) is -0.0388. The molecule has 0 aliphatic carbocycles. The minimum atomic E-state index is -4.38. The summed E-state index contributed by atoms with van der Waals surface area (Å²) in [5.41, 5.74) is 3.05. The SMILES string of the molecule is FC(F)(F)c1ccn(C2CCCN(Cc3cccc4c3NCC4)C2)n1. The van der Waals surface area contributed by atoms with E-state index in [9.17, 15) is 13.2 Å². The molecular weight excluding hydrogens is 329 g/mol. The zero-order chi connectivity index (χ0) is 17.4. The van der Waals surface area contributed by atoms with Crippen molar-refractivity contribution in [3.05, 3.63) is 47.3 Å². The van der Waals surface area contributed by atoms with E-state index in [1.54, 1.807) is 0 Å². The number of likely N-dealkylation sites (tertiary alicyclic amines) is 1. The molecule has 25 heavy (non-hydrogen) atoms. The third kappa shape index (κ3) is 3.38. The van der Waals surface area contributed by atoms with Crippen molar-refractivity contribution in [2.75, 3.05) is 25.0 Å².